The lowest BCUT2D eigenvalue weighted by Crippen LogP contribution is -2.37. The third-order valence-corrected chi connectivity index (χ3v) is 5.86. The lowest BCUT2D eigenvalue weighted by atomic mass is 9.97. The number of hydrogen-bond acceptors (Lipinski definition) is 5. The van der Waals surface area contributed by atoms with Gasteiger partial charge in [-0.1, -0.05) is 25.1 Å². The van der Waals surface area contributed by atoms with Gasteiger partial charge in [0.2, 0.25) is 0 Å². The van der Waals surface area contributed by atoms with Crippen LogP contribution in [0.4, 0.5) is 5.82 Å². The van der Waals surface area contributed by atoms with Gasteiger partial charge in [-0.3, -0.25) is 4.79 Å². The first kappa shape index (κ1) is 15.3. The molecular formula is C18H19N3O2S. The number of fused-ring (bicyclic) bond motifs is 3. The van der Waals surface area contributed by atoms with Gasteiger partial charge in [0, 0.05) is 29.6 Å². The number of thiophene rings is 1. The largest absolute Gasteiger partial charge is 0.481 e. The average molecular weight is 341 g/mol. The van der Waals surface area contributed by atoms with Gasteiger partial charge in [0.05, 0.1) is 16.1 Å². The lowest BCUT2D eigenvalue weighted by Gasteiger charge is -2.31. The Hall–Kier alpha value is -2.21. The van der Waals surface area contributed by atoms with Gasteiger partial charge in [0.25, 0.3) is 0 Å². The standard InChI is InChI=1S/C18H19N3O2S/c1-2-14-19-15-12-5-3-4-6-13(12)24-16(15)17(20-14)21-9-7-11(8-10-21)18(22)23/h3-6,11H,2,7-10H2,1H3,(H,22,23). The number of hydrogen-bond donors (Lipinski definition) is 1. The SMILES string of the molecule is CCc1nc(N2CCC(C(=O)O)CC2)c2sc3ccccc3c2n1. The highest BCUT2D eigenvalue weighted by Gasteiger charge is 2.27. The summed E-state index contributed by atoms with van der Waals surface area (Å²) in [5, 5.41) is 10.4. The molecule has 3 aromatic rings. The molecule has 1 aliphatic heterocycles. The van der Waals surface area contributed by atoms with E-state index < -0.39 is 5.97 Å². The number of carboxylic acids is 1. The summed E-state index contributed by atoms with van der Waals surface area (Å²) in [5.74, 6) is 0.911. The second kappa shape index (κ2) is 6.02. The first-order chi connectivity index (χ1) is 11.7. The van der Waals surface area contributed by atoms with E-state index in [2.05, 4.69) is 24.0 Å². The monoisotopic (exact) mass is 341 g/mol. The molecule has 1 aliphatic rings. The number of carbonyl (C=O) groups is 1. The van der Waals surface area contributed by atoms with E-state index in [1.54, 1.807) is 11.3 Å². The van der Waals surface area contributed by atoms with Gasteiger partial charge < -0.3 is 10.0 Å². The fourth-order valence-electron chi connectivity index (χ4n) is 3.33. The predicted octanol–water partition coefficient (Wildman–Crippen LogP) is 3.71. The normalized spacial score (nSPS) is 16.1. The zero-order valence-electron chi connectivity index (χ0n) is 13.5. The zero-order valence-corrected chi connectivity index (χ0v) is 14.3. The van der Waals surface area contributed by atoms with Crippen molar-refractivity contribution in [2.75, 3.05) is 18.0 Å². The van der Waals surface area contributed by atoms with E-state index in [9.17, 15) is 9.90 Å². The minimum atomic E-state index is -0.682. The average Bonchev–Trinajstić information content (AvgIpc) is 2.99. The second-order valence-corrected chi connectivity index (χ2v) is 7.24. The van der Waals surface area contributed by atoms with Crippen LogP contribution in [0.5, 0.6) is 0 Å². The van der Waals surface area contributed by atoms with E-state index in [-0.39, 0.29) is 5.92 Å². The fraction of sp³-hybridized carbons (Fsp3) is 0.389. The van der Waals surface area contributed by atoms with Crippen molar-refractivity contribution < 1.29 is 9.90 Å². The molecule has 24 heavy (non-hydrogen) atoms. The summed E-state index contributed by atoms with van der Waals surface area (Å²) in [6, 6.07) is 8.32. The first-order valence-corrected chi connectivity index (χ1v) is 9.15. The number of carboxylic acid groups (broad SMARTS) is 1. The minimum absolute atomic E-state index is 0.230. The molecule has 124 valence electrons. The van der Waals surface area contributed by atoms with Crippen LogP contribution in [0, 0.1) is 5.92 Å². The van der Waals surface area contributed by atoms with Gasteiger partial charge in [0.15, 0.2) is 0 Å². The van der Waals surface area contributed by atoms with Gasteiger partial charge in [-0.2, -0.15) is 0 Å². The number of piperidine rings is 1. The summed E-state index contributed by atoms with van der Waals surface area (Å²) in [5.41, 5.74) is 1.03. The number of aryl methyl sites for hydroxylation is 1. The van der Waals surface area contributed by atoms with Crippen LogP contribution in [0.15, 0.2) is 24.3 Å². The number of anilines is 1. The molecule has 0 atom stereocenters. The van der Waals surface area contributed by atoms with Crippen molar-refractivity contribution in [3.05, 3.63) is 30.1 Å². The Morgan fingerprint density at radius 1 is 1.29 bits per heavy atom. The summed E-state index contributed by atoms with van der Waals surface area (Å²) in [7, 11) is 0. The number of benzene rings is 1. The van der Waals surface area contributed by atoms with E-state index in [1.807, 2.05) is 12.1 Å². The topological polar surface area (TPSA) is 66.3 Å². The quantitative estimate of drug-likeness (QED) is 0.787. The molecule has 5 nitrogen and oxygen atoms in total. The second-order valence-electron chi connectivity index (χ2n) is 6.19. The van der Waals surface area contributed by atoms with Crippen molar-refractivity contribution in [2.45, 2.75) is 26.2 Å². The first-order valence-electron chi connectivity index (χ1n) is 8.33. The van der Waals surface area contributed by atoms with Crippen LogP contribution < -0.4 is 4.90 Å². The molecule has 6 heteroatoms. The highest BCUT2D eigenvalue weighted by Crippen LogP contribution is 2.38. The molecule has 0 aliphatic carbocycles. The summed E-state index contributed by atoms with van der Waals surface area (Å²) in [6.07, 6.45) is 2.14. The van der Waals surface area contributed by atoms with Gasteiger partial charge in [-0.25, -0.2) is 9.97 Å². The van der Waals surface area contributed by atoms with Crippen LogP contribution in [0.1, 0.15) is 25.6 Å². The maximum absolute atomic E-state index is 11.2. The highest BCUT2D eigenvalue weighted by atomic mass is 32.1. The molecule has 1 N–H and O–H groups in total. The van der Waals surface area contributed by atoms with Crippen molar-refractivity contribution in [3.8, 4) is 0 Å². The molecule has 4 rings (SSSR count). The number of aromatic nitrogens is 2. The Morgan fingerprint density at radius 3 is 2.75 bits per heavy atom. The van der Waals surface area contributed by atoms with Crippen LogP contribution in [0.3, 0.4) is 0 Å². The van der Waals surface area contributed by atoms with Crippen molar-refractivity contribution in [3.63, 3.8) is 0 Å². The number of rotatable bonds is 3. The number of nitrogens with zero attached hydrogens (tertiary/aromatic N) is 3. The molecule has 0 amide bonds. The van der Waals surface area contributed by atoms with E-state index in [0.717, 1.165) is 41.4 Å². The van der Waals surface area contributed by atoms with Gasteiger partial charge >= 0.3 is 5.97 Å². The lowest BCUT2D eigenvalue weighted by molar-refractivity contribution is -0.142. The molecule has 0 spiro atoms. The highest BCUT2D eigenvalue weighted by molar-refractivity contribution is 7.26. The molecule has 0 radical (unpaired) electrons. The zero-order chi connectivity index (χ0) is 16.7. The molecule has 1 saturated heterocycles. The molecule has 1 fully saturated rings. The molecule has 3 heterocycles. The minimum Gasteiger partial charge on any atom is -0.481 e. The Kier molecular flexibility index (Phi) is 3.84. The van der Waals surface area contributed by atoms with Crippen LogP contribution in [-0.2, 0) is 11.2 Å². The smallest absolute Gasteiger partial charge is 0.306 e. The Labute approximate surface area is 144 Å². The van der Waals surface area contributed by atoms with Gasteiger partial charge in [0.1, 0.15) is 11.6 Å². The Bertz CT molecular complexity index is 913. The summed E-state index contributed by atoms with van der Waals surface area (Å²) in [6.45, 7) is 3.54. The van der Waals surface area contributed by atoms with Crippen molar-refractivity contribution in [2.24, 2.45) is 5.92 Å². The third-order valence-electron chi connectivity index (χ3n) is 4.71. The Balaban J connectivity index is 1.81. The summed E-state index contributed by atoms with van der Waals surface area (Å²) < 4.78 is 2.33. The summed E-state index contributed by atoms with van der Waals surface area (Å²) in [4.78, 5) is 23.0. The van der Waals surface area contributed by atoms with Crippen molar-refractivity contribution >= 4 is 43.4 Å². The van der Waals surface area contributed by atoms with Crippen LogP contribution >= 0.6 is 11.3 Å². The molecule has 0 saturated carbocycles. The number of aliphatic carboxylic acids is 1. The van der Waals surface area contributed by atoms with E-state index in [1.165, 1.54) is 10.1 Å². The molecule has 2 aromatic heterocycles. The fourth-order valence-corrected chi connectivity index (χ4v) is 4.49. The predicted molar refractivity (Wildman–Crippen MR) is 96.9 cm³/mol. The van der Waals surface area contributed by atoms with Gasteiger partial charge in [-0.15, -0.1) is 11.3 Å². The molecule has 0 unspecified atom stereocenters. The molecular weight excluding hydrogens is 322 g/mol. The van der Waals surface area contributed by atoms with E-state index in [0.29, 0.717) is 12.8 Å². The van der Waals surface area contributed by atoms with Crippen LogP contribution in [0.25, 0.3) is 20.3 Å². The molecule has 1 aromatic carbocycles. The maximum Gasteiger partial charge on any atom is 0.306 e. The van der Waals surface area contributed by atoms with Crippen LogP contribution in [0.2, 0.25) is 0 Å². The van der Waals surface area contributed by atoms with Crippen molar-refractivity contribution in [1.29, 1.82) is 0 Å². The third kappa shape index (κ3) is 2.51. The van der Waals surface area contributed by atoms with E-state index in [4.69, 9.17) is 9.97 Å². The molecule has 0 bridgehead atoms. The Morgan fingerprint density at radius 2 is 2.04 bits per heavy atom. The van der Waals surface area contributed by atoms with Crippen molar-refractivity contribution in [1.82, 2.24) is 9.97 Å². The maximum atomic E-state index is 11.2. The summed E-state index contributed by atoms with van der Waals surface area (Å²) >= 11 is 1.73. The van der Waals surface area contributed by atoms with E-state index >= 15 is 0 Å². The van der Waals surface area contributed by atoms with Gasteiger partial charge in [-0.05, 0) is 18.9 Å². The van der Waals surface area contributed by atoms with Crippen LogP contribution in [-0.4, -0.2) is 34.1 Å².